The molecule has 1 aromatic rings. The Morgan fingerprint density at radius 2 is 2.06 bits per heavy atom. The molecule has 1 amide bonds. The van der Waals surface area contributed by atoms with Crippen LogP contribution in [0.4, 0.5) is 0 Å². The van der Waals surface area contributed by atoms with Crippen LogP contribution in [-0.4, -0.2) is 35.0 Å². The molecule has 6 nitrogen and oxygen atoms in total. The summed E-state index contributed by atoms with van der Waals surface area (Å²) in [6, 6.07) is 0. The number of rotatable bonds is 5. The lowest BCUT2D eigenvalue weighted by Crippen LogP contribution is -2.31. The van der Waals surface area contributed by atoms with Gasteiger partial charge in [0, 0.05) is 12.7 Å². The van der Waals surface area contributed by atoms with Crippen LogP contribution in [0.2, 0.25) is 0 Å². The van der Waals surface area contributed by atoms with E-state index >= 15 is 0 Å². The maximum atomic E-state index is 11.5. The molecule has 98 valence electrons. The van der Waals surface area contributed by atoms with Crippen molar-refractivity contribution in [3.05, 3.63) is 23.8 Å². The van der Waals surface area contributed by atoms with Crippen LogP contribution in [0.15, 0.2) is 12.4 Å². The van der Waals surface area contributed by atoms with Crippen LogP contribution in [0.5, 0.6) is 0 Å². The van der Waals surface area contributed by atoms with E-state index in [4.69, 9.17) is 4.74 Å². The number of carbonyl (C=O) groups excluding carboxylic acids is 2. The summed E-state index contributed by atoms with van der Waals surface area (Å²) in [4.78, 5) is 30.6. The van der Waals surface area contributed by atoms with Crippen LogP contribution < -0.4 is 5.32 Å². The Labute approximate surface area is 106 Å². The van der Waals surface area contributed by atoms with Crippen LogP contribution in [0.25, 0.3) is 0 Å². The van der Waals surface area contributed by atoms with Gasteiger partial charge in [0.05, 0.1) is 11.9 Å². The normalized spacial score (nSPS) is 10.2. The third-order valence-electron chi connectivity index (χ3n) is 2.03. The zero-order valence-corrected chi connectivity index (χ0v) is 10.8. The highest BCUT2D eigenvalue weighted by Crippen LogP contribution is 1.97. The molecular formula is C12H17N3O3. The third kappa shape index (κ3) is 4.90. The average Bonchev–Trinajstić information content (AvgIpc) is 2.34. The predicted molar refractivity (Wildman–Crippen MR) is 64.9 cm³/mol. The smallest absolute Gasteiger partial charge is 0.359 e. The van der Waals surface area contributed by atoms with E-state index in [0.29, 0.717) is 18.2 Å². The predicted octanol–water partition coefficient (Wildman–Crippen LogP) is 0.714. The van der Waals surface area contributed by atoms with Crippen molar-refractivity contribution in [1.29, 1.82) is 0 Å². The Hall–Kier alpha value is -1.98. The third-order valence-corrected chi connectivity index (χ3v) is 2.03. The molecule has 0 atom stereocenters. The second kappa shape index (κ2) is 6.68. The molecule has 1 heterocycles. The lowest BCUT2D eigenvalue weighted by Gasteiger charge is -2.07. The molecular weight excluding hydrogens is 234 g/mol. The number of nitrogens with one attached hydrogen (secondary N) is 1. The lowest BCUT2D eigenvalue weighted by molar-refractivity contribution is -0.124. The summed E-state index contributed by atoms with van der Waals surface area (Å²) in [5, 5.41) is 2.65. The number of esters is 1. The first kappa shape index (κ1) is 14.1. The molecule has 1 aromatic heterocycles. The van der Waals surface area contributed by atoms with Crippen molar-refractivity contribution in [2.75, 3.05) is 13.2 Å². The van der Waals surface area contributed by atoms with Crippen molar-refractivity contribution in [1.82, 2.24) is 15.3 Å². The second-order valence-electron chi connectivity index (χ2n) is 4.32. The van der Waals surface area contributed by atoms with Gasteiger partial charge in [0.25, 0.3) is 5.91 Å². The maximum Gasteiger partial charge on any atom is 0.359 e. The molecule has 0 aromatic carbocycles. The molecule has 0 unspecified atom stereocenters. The summed E-state index contributed by atoms with van der Waals surface area (Å²) in [6.45, 7) is 5.98. The molecule has 0 fully saturated rings. The first-order valence-corrected chi connectivity index (χ1v) is 5.71. The van der Waals surface area contributed by atoms with Gasteiger partial charge in [-0.15, -0.1) is 0 Å². The summed E-state index contributed by atoms with van der Waals surface area (Å²) in [5.41, 5.74) is 0.804. The minimum atomic E-state index is -0.651. The van der Waals surface area contributed by atoms with E-state index in [1.807, 2.05) is 13.8 Å². The van der Waals surface area contributed by atoms with Crippen LogP contribution in [0.3, 0.4) is 0 Å². The first-order valence-electron chi connectivity index (χ1n) is 5.71. The first-order chi connectivity index (χ1) is 8.49. The molecule has 1 N–H and O–H groups in total. The van der Waals surface area contributed by atoms with Gasteiger partial charge < -0.3 is 10.1 Å². The molecule has 0 bridgehead atoms. The number of amides is 1. The van der Waals surface area contributed by atoms with E-state index in [-0.39, 0.29) is 18.2 Å². The molecule has 0 saturated heterocycles. The number of hydrogen-bond donors (Lipinski definition) is 1. The van der Waals surface area contributed by atoms with E-state index in [1.165, 1.54) is 12.4 Å². The molecule has 18 heavy (non-hydrogen) atoms. The highest BCUT2D eigenvalue weighted by molar-refractivity contribution is 5.89. The van der Waals surface area contributed by atoms with E-state index in [2.05, 4.69) is 15.3 Å². The summed E-state index contributed by atoms with van der Waals surface area (Å²) in [5.74, 6) is -0.619. The maximum absolute atomic E-state index is 11.5. The van der Waals surface area contributed by atoms with Gasteiger partial charge in [0.15, 0.2) is 12.3 Å². The zero-order valence-electron chi connectivity index (χ0n) is 10.8. The van der Waals surface area contributed by atoms with Crippen molar-refractivity contribution in [2.24, 2.45) is 5.92 Å². The number of hydrogen-bond acceptors (Lipinski definition) is 5. The Bertz CT molecular complexity index is 415. The second-order valence-corrected chi connectivity index (χ2v) is 4.32. The minimum absolute atomic E-state index is 0.0947. The van der Waals surface area contributed by atoms with Gasteiger partial charge in [-0.1, -0.05) is 13.8 Å². The fourth-order valence-electron chi connectivity index (χ4n) is 1.07. The van der Waals surface area contributed by atoms with Crippen molar-refractivity contribution < 1.29 is 14.3 Å². The molecule has 0 saturated carbocycles. The standard InChI is InChI=1S/C12H17N3O3/c1-8(2)4-15-11(16)7-18-12(17)10-6-13-9(3)5-14-10/h5-6,8H,4,7H2,1-3H3,(H,15,16). The summed E-state index contributed by atoms with van der Waals surface area (Å²) in [7, 11) is 0. The van der Waals surface area contributed by atoms with Crippen molar-refractivity contribution in [2.45, 2.75) is 20.8 Å². The quantitative estimate of drug-likeness (QED) is 0.780. The SMILES string of the molecule is Cc1cnc(C(=O)OCC(=O)NCC(C)C)cn1. The van der Waals surface area contributed by atoms with E-state index in [1.54, 1.807) is 6.92 Å². The summed E-state index contributed by atoms with van der Waals surface area (Å²) in [6.07, 6.45) is 2.79. The van der Waals surface area contributed by atoms with E-state index in [0.717, 1.165) is 0 Å². The van der Waals surface area contributed by atoms with Crippen LogP contribution in [0.1, 0.15) is 30.0 Å². The molecule has 0 spiro atoms. The Morgan fingerprint density at radius 3 is 2.61 bits per heavy atom. The van der Waals surface area contributed by atoms with Crippen LogP contribution in [-0.2, 0) is 9.53 Å². The molecule has 0 radical (unpaired) electrons. The Balaban J connectivity index is 2.37. The fourth-order valence-corrected chi connectivity index (χ4v) is 1.07. The average molecular weight is 251 g/mol. The molecule has 0 aliphatic carbocycles. The van der Waals surface area contributed by atoms with Crippen molar-refractivity contribution in [3.63, 3.8) is 0 Å². The van der Waals surface area contributed by atoms with Gasteiger partial charge in [-0.25, -0.2) is 9.78 Å². The zero-order chi connectivity index (χ0) is 13.5. The highest BCUT2D eigenvalue weighted by atomic mass is 16.5. The number of aromatic nitrogens is 2. The minimum Gasteiger partial charge on any atom is -0.451 e. The van der Waals surface area contributed by atoms with Gasteiger partial charge >= 0.3 is 5.97 Å². The lowest BCUT2D eigenvalue weighted by atomic mass is 10.2. The highest BCUT2D eigenvalue weighted by Gasteiger charge is 2.11. The fraction of sp³-hybridized carbons (Fsp3) is 0.500. The molecule has 0 aliphatic rings. The molecule has 0 aliphatic heterocycles. The monoisotopic (exact) mass is 251 g/mol. The summed E-state index contributed by atoms with van der Waals surface area (Å²) >= 11 is 0. The largest absolute Gasteiger partial charge is 0.451 e. The molecule has 6 heteroatoms. The van der Waals surface area contributed by atoms with Gasteiger partial charge in [0.2, 0.25) is 0 Å². The number of nitrogens with zero attached hydrogens (tertiary/aromatic N) is 2. The van der Waals surface area contributed by atoms with Crippen molar-refractivity contribution >= 4 is 11.9 Å². The van der Waals surface area contributed by atoms with E-state index in [9.17, 15) is 9.59 Å². The van der Waals surface area contributed by atoms with Crippen molar-refractivity contribution in [3.8, 4) is 0 Å². The Morgan fingerprint density at radius 1 is 1.33 bits per heavy atom. The topological polar surface area (TPSA) is 81.2 Å². The van der Waals surface area contributed by atoms with Gasteiger partial charge in [-0.2, -0.15) is 0 Å². The van der Waals surface area contributed by atoms with Gasteiger partial charge in [-0.05, 0) is 12.8 Å². The van der Waals surface area contributed by atoms with Gasteiger partial charge in [0.1, 0.15) is 0 Å². The van der Waals surface area contributed by atoms with Gasteiger partial charge in [-0.3, -0.25) is 9.78 Å². The number of ether oxygens (including phenoxy) is 1. The number of carbonyl (C=O) groups is 2. The number of aryl methyl sites for hydroxylation is 1. The van der Waals surface area contributed by atoms with Crippen LogP contribution in [0, 0.1) is 12.8 Å². The van der Waals surface area contributed by atoms with E-state index < -0.39 is 5.97 Å². The van der Waals surface area contributed by atoms with Crippen LogP contribution >= 0.6 is 0 Å². The Kier molecular flexibility index (Phi) is 5.23. The molecule has 1 rings (SSSR count). The summed E-state index contributed by atoms with van der Waals surface area (Å²) < 4.78 is 4.81.